The van der Waals surface area contributed by atoms with Crippen molar-refractivity contribution < 1.29 is 42.9 Å². The molecule has 2 aliphatic rings. The summed E-state index contributed by atoms with van der Waals surface area (Å²) in [6.07, 6.45) is 0.753. The van der Waals surface area contributed by atoms with Crippen molar-refractivity contribution in [2.24, 2.45) is 0 Å². The number of hydrogen-bond acceptors (Lipinski definition) is 11. The lowest BCUT2D eigenvalue weighted by Crippen LogP contribution is -2.41. The van der Waals surface area contributed by atoms with Crippen molar-refractivity contribution in [1.29, 1.82) is 0 Å². The van der Waals surface area contributed by atoms with Gasteiger partial charge >= 0.3 is 12.1 Å². The summed E-state index contributed by atoms with van der Waals surface area (Å²) in [7, 11) is 1.21. The van der Waals surface area contributed by atoms with Crippen molar-refractivity contribution in [3.63, 3.8) is 0 Å². The number of methoxy groups -OCH3 is 1. The predicted octanol–water partition coefficient (Wildman–Crippen LogP) is 6.40. The summed E-state index contributed by atoms with van der Waals surface area (Å²) >= 11 is 1.52. The van der Waals surface area contributed by atoms with Gasteiger partial charge in [0, 0.05) is 59.7 Å². The molecular weight excluding hydrogens is 751 g/mol. The van der Waals surface area contributed by atoms with E-state index in [4.69, 9.17) is 18.9 Å². The normalized spacial score (nSPS) is 13.6. The number of aryl methyl sites for hydroxylation is 1. The number of pyridine rings is 1. The topological polar surface area (TPSA) is 174 Å². The van der Waals surface area contributed by atoms with Crippen molar-refractivity contribution in [3.05, 3.63) is 87.0 Å². The van der Waals surface area contributed by atoms with Crippen LogP contribution in [0, 0.1) is 6.92 Å². The number of aromatic nitrogens is 1. The highest BCUT2D eigenvalue weighted by Crippen LogP contribution is 2.43. The molecule has 15 heteroatoms. The van der Waals surface area contributed by atoms with Crippen LogP contribution in [0.25, 0.3) is 21.6 Å². The Morgan fingerprint density at radius 3 is 2.40 bits per heavy atom. The maximum absolute atomic E-state index is 14.8. The number of nitrogens with one attached hydrogen (secondary N) is 3. The molecular formula is C42H47N5O9S. The van der Waals surface area contributed by atoms with Crippen LogP contribution in [0.2, 0.25) is 0 Å². The minimum absolute atomic E-state index is 0.0102. The molecule has 2 aromatic carbocycles. The van der Waals surface area contributed by atoms with Crippen molar-refractivity contribution in [2.45, 2.75) is 59.6 Å². The Morgan fingerprint density at radius 1 is 0.912 bits per heavy atom. The van der Waals surface area contributed by atoms with Gasteiger partial charge in [-0.15, -0.1) is 11.3 Å². The largest absolute Gasteiger partial charge is 0.493 e. The average molecular weight is 798 g/mol. The Labute approximate surface area is 335 Å². The van der Waals surface area contributed by atoms with Crippen LogP contribution in [-0.2, 0) is 27.2 Å². The number of thiophene rings is 1. The van der Waals surface area contributed by atoms with E-state index in [2.05, 4.69) is 20.9 Å². The number of amides is 4. The number of hydrogen-bond donors (Lipinski definition) is 3. The van der Waals surface area contributed by atoms with Crippen molar-refractivity contribution in [2.75, 3.05) is 51.9 Å². The van der Waals surface area contributed by atoms with Crippen LogP contribution in [0.15, 0.2) is 47.8 Å². The Morgan fingerprint density at radius 2 is 1.68 bits per heavy atom. The zero-order valence-electron chi connectivity index (χ0n) is 33.0. The zero-order chi connectivity index (χ0) is 40.9. The number of morpholine rings is 1. The molecule has 0 unspecified atom stereocenters. The van der Waals surface area contributed by atoms with Crippen LogP contribution in [0.4, 0.5) is 10.5 Å². The van der Waals surface area contributed by atoms with E-state index >= 15 is 0 Å². The molecule has 0 bridgehead atoms. The fourth-order valence-electron chi connectivity index (χ4n) is 6.62. The Bertz CT molecular complexity index is 2200. The van der Waals surface area contributed by atoms with Crippen LogP contribution >= 0.6 is 11.3 Å². The maximum Gasteiger partial charge on any atom is 0.407 e. The third-order valence-electron chi connectivity index (χ3n) is 9.32. The molecule has 0 saturated carbocycles. The van der Waals surface area contributed by atoms with Crippen molar-refractivity contribution in [1.82, 2.24) is 20.5 Å². The van der Waals surface area contributed by atoms with Crippen molar-refractivity contribution in [3.8, 4) is 27.3 Å². The van der Waals surface area contributed by atoms with E-state index in [0.717, 1.165) is 10.4 Å². The van der Waals surface area contributed by atoms with Gasteiger partial charge in [0.2, 0.25) is 0 Å². The maximum atomic E-state index is 14.8. The number of ether oxygens (including phenoxy) is 4. The van der Waals surface area contributed by atoms with Crippen molar-refractivity contribution >= 4 is 46.8 Å². The van der Waals surface area contributed by atoms with Crippen LogP contribution < -0.4 is 20.7 Å². The first-order valence-electron chi connectivity index (χ1n) is 18.8. The van der Waals surface area contributed by atoms with E-state index in [0.29, 0.717) is 80.3 Å². The molecule has 0 aliphatic carbocycles. The van der Waals surface area contributed by atoms with E-state index in [9.17, 15) is 24.0 Å². The molecule has 6 rings (SSSR count). The second-order valence-corrected chi connectivity index (χ2v) is 15.6. The fraction of sp³-hybridized carbons (Fsp3) is 0.381. The number of rotatable bonds is 10. The Balaban J connectivity index is 1.47. The molecule has 3 N–H and O–H groups in total. The van der Waals surface area contributed by atoms with Gasteiger partial charge < -0.3 is 39.8 Å². The summed E-state index contributed by atoms with van der Waals surface area (Å²) in [5, 5.41) is 10.5. The van der Waals surface area contributed by atoms with Crippen LogP contribution in [-0.4, -0.2) is 91.8 Å². The Kier molecular flexibility index (Phi) is 12.6. The number of carbonyl (C=O) groups is 5. The van der Waals surface area contributed by atoms with Gasteiger partial charge in [-0.25, -0.2) is 14.6 Å². The van der Waals surface area contributed by atoms with Gasteiger partial charge in [0.1, 0.15) is 17.0 Å². The first-order valence-corrected chi connectivity index (χ1v) is 19.7. The lowest BCUT2D eigenvalue weighted by atomic mass is 9.93. The van der Waals surface area contributed by atoms with E-state index in [-0.39, 0.29) is 46.2 Å². The lowest BCUT2D eigenvalue weighted by Gasteiger charge is -2.28. The van der Waals surface area contributed by atoms with Crippen LogP contribution in [0.3, 0.4) is 0 Å². The fourth-order valence-corrected chi connectivity index (χ4v) is 7.59. The van der Waals surface area contributed by atoms with E-state index in [1.807, 2.05) is 18.4 Å². The van der Waals surface area contributed by atoms with Gasteiger partial charge in [0.25, 0.3) is 17.7 Å². The minimum atomic E-state index is -0.803. The first kappa shape index (κ1) is 40.9. The third kappa shape index (κ3) is 9.43. The second-order valence-electron chi connectivity index (χ2n) is 14.7. The molecule has 300 valence electrons. The molecule has 1 fully saturated rings. The molecule has 57 heavy (non-hydrogen) atoms. The smallest absolute Gasteiger partial charge is 0.407 e. The number of nitrogens with zero attached hydrogens (tertiary/aromatic N) is 2. The van der Waals surface area contributed by atoms with Crippen LogP contribution in [0.5, 0.6) is 5.75 Å². The van der Waals surface area contributed by atoms with E-state index < -0.39 is 29.5 Å². The molecule has 0 atom stereocenters. The summed E-state index contributed by atoms with van der Waals surface area (Å²) < 4.78 is 22.2. The number of esters is 1. The van der Waals surface area contributed by atoms with Gasteiger partial charge in [0.05, 0.1) is 38.2 Å². The second kappa shape index (κ2) is 17.6. The number of benzene rings is 2. The van der Waals surface area contributed by atoms with Gasteiger partial charge in [0.15, 0.2) is 5.69 Å². The number of anilines is 1. The predicted molar refractivity (Wildman–Crippen MR) is 215 cm³/mol. The molecule has 0 spiro atoms. The summed E-state index contributed by atoms with van der Waals surface area (Å²) in [6.45, 7) is 11.3. The third-order valence-corrected chi connectivity index (χ3v) is 10.3. The Hall–Kier alpha value is -5.80. The molecule has 4 heterocycles. The summed E-state index contributed by atoms with van der Waals surface area (Å²) in [5.41, 5.74) is 3.32. The molecule has 2 aliphatic heterocycles. The SMILES string of the molecule is CCCNC(=O)c1ccc(-c2cc3c(cc2C(=O)Nc2c(C)cc(CNC(=O)OC(C)(C)C)cc2C(=O)N2CCOCC2)-c2sccc2CCO3)c(C(=O)OC)n1. The van der Waals surface area contributed by atoms with Gasteiger partial charge in [-0.1, -0.05) is 13.0 Å². The zero-order valence-corrected chi connectivity index (χ0v) is 33.8. The minimum Gasteiger partial charge on any atom is -0.493 e. The number of carbonyl (C=O) groups excluding carboxylic acids is 5. The lowest BCUT2D eigenvalue weighted by molar-refractivity contribution is 0.0303. The van der Waals surface area contributed by atoms with E-state index in [1.54, 1.807) is 62.9 Å². The molecule has 4 aromatic rings. The summed E-state index contributed by atoms with van der Waals surface area (Å²) in [6, 6.07) is 12.0. The highest BCUT2D eigenvalue weighted by molar-refractivity contribution is 7.13. The molecule has 14 nitrogen and oxygen atoms in total. The average Bonchev–Trinajstić information content (AvgIpc) is 3.59. The highest BCUT2D eigenvalue weighted by Gasteiger charge is 2.29. The quantitative estimate of drug-likeness (QED) is 0.153. The highest BCUT2D eigenvalue weighted by atomic mass is 32.1. The molecule has 0 radical (unpaired) electrons. The van der Waals surface area contributed by atoms with Gasteiger partial charge in [-0.2, -0.15) is 0 Å². The van der Waals surface area contributed by atoms with Gasteiger partial charge in [-0.3, -0.25) is 14.4 Å². The molecule has 2 aromatic heterocycles. The molecule has 1 saturated heterocycles. The van der Waals surface area contributed by atoms with E-state index in [1.165, 1.54) is 24.5 Å². The number of fused-ring (bicyclic) bond motifs is 3. The number of alkyl carbamates (subject to hydrolysis) is 1. The first-order chi connectivity index (χ1) is 27.3. The standard InChI is InChI=1S/C42H47N5O9S/c1-7-12-43-38(49)32-9-8-27(35(45-32)40(51)53-6)28-22-33-30(36-26(10-15-55-33)11-18-57-36)21-29(28)37(48)46-34-24(2)19-25(23-44-41(52)56-42(3,4)5)20-31(34)39(50)47-13-16-54-17-14-47/h8-9,11,18-22H,7,10,12-17,23H2,1-6H3,(H,43,49)(H,44,52)(H,46,48). The summed E-state index contributed by atoms with van der Waals surface area (Å²) in [4.78, 5) is 74.8. The van der Waals surface area contributed by atoms with Gasteiger partial charge in [-0.05, 0) is 92.6 Å². The summed E-state index contributed by atoms with van der Waals surface area (Å²) in [5.74, 6) is -1.65. The monoisotopic (exact) mass is 797 g/mol. The molecule has 4 amide bonds. The van der Waals surface area contributed by atoms with Crippen LogP contribution in [0.1, 0.15) is 92.5 Å².